The van der Waals surface area contributed by atoms with Crippen molar-refractivity contribution in [1.29, 1.82) is 0 Å². The van der Waals surface area contributed by atoms with Crippen LogP contribution in [0, 0.1) is 0 Å². The fraction of sp³-hybridized carbons (Fsp3) is 0.389. The number of benzene rings is 1. The zero-order chi connectivity index (χ0) is 18.5. The van der Waals surface area contributed by atoms with Crippen LogP contribution >= 0.6 is 11.3 Å². The molecule has 1 aliphatic rings. The lowest BCUT2D eigenvalue weighted by Crippen LogP contribution is -2.59. The first-order valence-corrected chi connectivity index (χ1v) is 9.36. The highest BCUT2D eigenvalue weighted by Crippen LogP contribution is 2.32. The summed E-state index contributed by atoms with van der Waals surface area (Å²) >= 11 is 1.51. The van der Waals surface area contributed by atoms with E-state index >= 15 is 0 Å². The van der Waals surface area contributed by atoms with E-state index in [1.54, 1.807) is 18.2 Å². The van der Waals surface area contributed by atoms with Crippen LogP contribution < -0.4 is 15.4 Å². The van der Waals surface area contributed by atoms with Crippen molar-refractivity contribution in [3.05, 3.63) is 35.3 Å². The number of carbonyl (C=O) groups is 2. The number of urea groups is 1. The normalized spacial score (nSPS) is 16.9. The molecule has 26 heavy (non-hydrogen) atoms. The molecule has 1 saturated heterocycles. The van der Waals surface area contributed by atoms with E-state index in [1.165, 1.54) is 11.3 Å². The molecule has 2 heterocycles. The Hall–Kier alpha value is -2.61. The fourth-order valence-corrected chi connectivity index (χ4v) is 3.85. The zero-order valence-corrected chi connectivity index (χ0v) is 15.6. The summed E-state index contributed by atoms with van der Waals surface area (Å²) in [5.74, 6) is 0.674. The minimum absolute atomic E-state index is 0.0925. The number of amides is 3. The minimum Gasteiger partial charge on any atom is -0.496 e. The predicted molar refractivity (Wildman–Crippen MR) is 100 cm³/mol. The highest BCUT2D eigenvalue weighted by molar-refractivity contribution is 7.15. The summed E-state index contributed by atoms with van der Waals surface area (Å²) in [4.78, 5) is 31.3. The lowest BCUT2D eigenvalue weighted by Gasteiger charge is -2.34. The van der Waals surface area contributed by atoms with Crippen LogP contribution in [-0.4, -0.2) is 48.1 Å². The lowest BCUT2D eigenvalue weighted by molar-refractivity contribution is -0.127. The molecule has 1 aromatic carbocycles. The van der Waals surface area contributed by atoms with Gasteiger partial charge in [0.2, 0.25) is 5.91 Å². The number of thiazole rings is 1. The van der Waals surface area contributed by atoms with Gasteiger partial charge in [-0.2, -0.15) is 0 Å². The van der Waals surface area contributed by atoms with E-state index in [1.807, 2.05) is 31.2 Å². The van der Waals surface area contributed by atoms with Gasteiger partial charge in [0.15, 0.2) is 0 Å². The van der Waals surface area contributed by atoms with Gasteiger partial charge in [0.25, 0.3) is 0 Å². The Morgan fingerprint density at radius 1 is 1.46 bits per heavy atom. The third-order valence-electron chi connectivity index (χ3n) is 4.28. The molecule has 3 rings (SSSR count). The van der Waals surface area contributed by atoms with Crippen LogP contribution in [0.3, 0.4) is 0 Å². The van der Waals surface area contributed by atoms with Crippen LogP contribution in [0.5, 0.6) is 5.75 Å². The highest BCUT2D eigenvalue weighted by Gasteiger charge is 2.31. The monoisotopic (exact) mass is 374 g/mol. The molecule has 0 radical (unpaired) electrons. The van der Waals surface area contributed by atoms with Crippen LogP contribution in [-0.2, 0) is 11.3 Å². The quantitative estimate of drug-likeness (QED) is 0.841. The molecule has 138 valence electrons. The maximum atomic E-state index is 12.5. The van der Waals surface area contributed by atoms with Crippen molar-refractivity contribution in [3.8, 4) is 16.3 Å². The van der Waals surface area contributed by atoms with Gasteiger partial charge in [0.05, 0.1) is 19.2 Å². The van der Waals surface area contributed by atoms with Gasteiger partial charge in [-0.1, -0.05) is 19.1 Å². The average molecular weight is 374 g/mol. The maximum absolute atomic E-state index is 12.5. The summed E-state index contributed by atoms with van der Waals surface area (Å²) in [5, 5.41) is 6.53. The summed E-state index contributed by atoms with van der Waals surface area (Å²) in [7, 11) is 1.63. The molecule has 3 amide bonds. The standard InChI is InChI=1S/C18H22N4O3S/c1-3-14-16(23)19-8-9-22(14)18(24)21-11-12-10-20-17(26-12)13-6-4-5-7-15(13)25-2/h4-7,10,14H,3,8-9,11H2,1-2H3,(H,19,23)(H,21,24)/t14-/m1/s1. The largest absolute Gasteiger partial charge is 0.496 e. The van der Waals surface area contributed by atoms with Crippen LogP contribution in [0.15, 0.2) is 30.5 Å². The molecule has 1 aliphatic heterocycles. The summed E-state index contributed by atoms with van der Waals surface area (Å²) in [5.41, 5.74) is 0.927. The van der Waals surface area contributed by atoms with E-state index in [-0.39, 0.29) is 11.9 Å². The van der Waals surface area contributed by atoms with Gasteiger partial charge in [-0.3, -0.25) is 4.79 Å². The number of piperazine rings is 1. The predicted octanol–water partition coefficient (Wildman–Crippen LogP) is 2.24. The van der Waals surface area contributed by atoms with Crippen LogP contribution in [0.4, 0.5) is 4.79 Å². The smallest absolute Gasteiger partial charge is 0.318 e. The van der Waals surface area contributed by atoms with E-state index in [9.17, 15) is 9.59 Å². The van der Waals surface area contributed by atoms with E-state index in [2.05, 4.69) is 15.6 Å². The first-order chi connectivity index (χ1) is 12.6. The van der Waals surface area contributed by atoms with Gasteiger partial charge in [-0.05, 0) is 18.6 Å². The zero-order valence-electron chi connectivity index (χ0n) is 14.8. The number of ether oxygens (including phenoxy) is 1. The number of aromatic nitrogens is 1. The van der Waals surface area contributed by atoms with Crippen LogP contribution in [0.25, 0.3) is 10.6 Å². The molecule has 0 bridgehead atoms. The van der Waals surface area contributed by atoms with Gasteiger partial charge < -0.3 is 20.3 Å². The number of para-hydroxylation sites is 1. The Labute approximate surface area is 156 Å². The van der Waals surface area contributed by atoms with Gasteiger partial charge in [0.1, 0.15) is 16.8 Å². The van der Waals surface area contributed by atoms with Crippen molar-refractivity contribution in [1.82, 2.24) is 20.5 Å². The number of hydrogen-bond donors (Lipinski definition) is 2. The number of nitrogens with zero attached hydrogens (tertiary/aromatic N) is 2. The molecular weight excluding hydrogens is 352 g/mol. The third-order valence-corrected chi connectivity index (χ3v) is 5.31. The number of nitrogens with one attached hydrogen (secondary N) is 2. The maximum Gasteiger partial charge on any atom is 0.318 e. The molecule has 2 aromatic rings. The number of hydrogen-bond acceptors (Lipinski definition) is 5. The highest BCUT2D eigenvalue weighted by atomic mass is 32.1. The first kappa shape index (κ1) is 18.2. The molecule has 2 N–H and O–H groups in total. The van der Waals surface area contributed by atoms with Crippen molar-refractivity contribution in [3.63, 3.8) is 0 Å². The molecule has 0 unspecified atom stereocenters. The van der Waals surface area contributed by atoms with E-state index in [4.69, 9.17) is 4.74 Å². The summed E-state index contributed by atoms with van der Waals surface area (Å²) in [6.45, 7) is 3.28. The molecule has 1 fully saturated rings. The van der Waals surface area contributed by atoms with Gasteiger partial charge in [-0.25, -0.2) is 9.78 Å². The van der Waals surface area contributed by atoms with Crippen molar-refractivity contribution in [2.24, 2.45) is 0 Å². The van der Waals surface area contributed by atoms with Crippen molar-refractivity contribution in [2.45, 2.75) is 25.9 Å². The number of rotatable bonds is 5. The third kappa shape index (κ3) is 3.80. The second kappa shape index (κ2) is 8.18. The second-order valence-corrected chi connectivity index (χ2v) is 7.01. The second-order valence-electron chi connectivity index (χ2n) is 5.90. The van der Waals surface area contributed by atoms with Gasteiger partial charge in [0, 0.05) is 24.2 Å². The average Bonchev–Trinajstić information content (AvgIpc) is 3.14. The summed E-state index contributed by atoms with van der Waals surface area (Å²) in [6, 6.07) is 7.07. The molecule has 0 spiro atoms. The van der Waals surface area contributed by atoms with E-state index in [0.29, 0.717) is 26.1 Å². The summed E-state index contributed by atoms with van der Waals surface area (Å²) in [6.07, 6.45) is 2.35. The molecule has 8 heteroatoms. The number of carbonyl (C=O) groups excluding carboxylic acids is 2. The number of methoxy groups -OCH3 is 1. The molecule has 7 nitrogen and oxygen atoms in total. The Morgan fingerprint density at radius 2 is 2.27 bits per heavy atom. The fourth-order valence-electron chi connectivity index (χ4n) is 2.96. The van der Waals surface area contributed by atoms with E-state index < -0.39 is 6.04 Å². The molecule has 1 atom stereocenters. The van der Waals surface area contributed by atoms with Crippen LogP contribution in [0.1, 0.15) is 18.2 Å². The Morgan fingerprint density at radius 3 is 3.04 bits per heavy atom. The van der Waals surface area contributed by atoms with Crippen LogP contribution in [0.2, 0.25) is 0 Å². The molecular formula is C18H22N4O3S. The van der Waals surface area contributed by atoms with Crippen molar-refractivity contribution < 1.29 is 14.3 Å². The lowest BCUT2D eigenvalue weighted by atomic mass is 10.1. The van der Waals surface area contributed by atoms with Crippen molar-refractivity contribution in [2.75, 3.05) is 20.2 Å². The molecule has 0 aliphatic carbocycles. The Balaban J connectivity index is 1.64. The molecule has 0 saturated carbocycles. The first-order valence-electron chi connectivity index (χ1n) is 8.54. The SMILES string of the molecule is CC[C@@H]1C(=O)NCCN1C(=O)NCc1cnc(-c2ccccc2OC)s1. The van der Waals surface area contributed by atoms with E-state index in [0.717, 1.165) is 21.2 Å². The Kier molecular flexibility index (Phi) is 5.72. The summed E-state index contributed by atoms with van der Waals surface area (Å²) < 4.78 is 5.37. The molecule has 1 aromatic heterocycles. The van der Waals surface area contributed by atoms with Gasteiger partial charge >= 0.3 is 6.03 Å². The van der Waals surface area contributed by atoms with Crippen molar-refractivity contribution >= 4 is 23.3 Å². The minimum atomic E-state index is -0.408. The van der Waals surface area contributed by atoms with Gasteiger partial charge in [-0.15, -0.1) is 11.3 Å². The topological polar surface area (TPSA) is 83.6 Å². The Bertz CT molecular complexity index is 792.